The SMILES string of the molecule is O=c1[nH]cc(F)cc1[C@H]1C[C@H](F)CN1c1ccc2ncc(-c3cc(CO)ncn3)n2n1. The molecular formula is C20H17F2N7O2. The van der Waals surface area contributed by atoms with Crippen molar-refractivity contribution in [3.8, 4) is 11.4 Å². The predicted molar refractivity (Wildman–Crippen MR) is 107 cm³/mol. The Morgan fingerprint density at radius 3 is 2.94 bits per heavy atom. The fourth-order valence-electron chi connectivity index (χ4n) is 3.87. The van der Waals surface area contributed by atoms with Crippen LogP contribution >= 0.6 is 0 Å². The number of pyridine rings is 1. The van der Waals surface area contributed by atoms with Crippen molar-refractivity contribution >= 4 is 11.5 Å². The third-order valence-electron chi connectivity index (χ3n) is 5.30. The van der Waals surface area contributed by atoms with Gasteiger partial charge in [-0.15, -0.1) is 5.10 Å². The van der Waals surface area contributed by atoms with E-state index in [0.29, 0.717) is 28.5 Å². The maximum atomic E-state index is 14.4. The van der Waals surface area contributed by atoms with Gasteiger partial charge in [-0.2, -0.15) is 0 Å². The van der Waals surface area contributed by atoms with Crippen molar-refractivity contribution in [2.45, 2.75) is 25.2 Å². The van der Waals surface area contributed by atoms with Crippen molar-refractivity contribution in [1.29, 1.82) is 0 Å². The highest BCUT2D eigenvalue weighted by molar-refractivity contribution is 5.60. The molecule has 158 valence electrons. The summed E-state index contributed by atoms with van der Waals surface area (Å²) in [4.78, 5) is 28.8. The van der Waals surface area contributed by atoms with Gasteiger partial charge in [0, 0.05) is 18.2 Å². The number of fused-ring (bicyclic) bond motifs is 1. The van der Waals surface area contributed by atoms with Crippen LogP contribution in [-0.4, -0.2) is 47.4 Å². The minimum absolute atomic E-state index is 0.0192. The standard InChI is InChI=1S/C20H17F2N7O2/c21-11-3-14(20(31)24-6-11)16-4-12(22)8-28(16)19-2-1-18-23-7-17(29(18)27-19)15-5-13(9-30)25-10-26-15/h1-3,5-7,10,12,16,30H,4,8-9H2,(H,24,31)/t12-,16+/m0/s1. The maximum Gasteiger partial charge on any atom is 0.253 e. The molecule has 0 unspecified atom stereocenters. The Kier molecular flexibility index (Phi) is 4.66. The van der Waals surface area contributed by atoms with Gasteiger partial charge in [-0.1, -0.05) is 0 Å². The van der Waals surface area contributed by atoms with E-state index < -0.39 is 23.6 Å². The first kappa shape index (κ1) is 19.2. The van der Waals surface area contributed by atoms with Gasteiger partial charge in [-0.05, 0) is 24.3 Å². The molecule has 0 saturated carbocycles. The third kappa shape index (κ3) is 3.42. The van der Waals surface area contributed by atoms with Gasteiger partial charge in [0.15, 0.2) is 5.65 Å². The number of H-pyrrole nitrogens is 1. The predicted octanol–water partition coefficient (Wildman–Crippen LogP) is 1.80. The molecule has 11 heteroatoms. The average molecular weight is 425 g/mol. The van der Waals surface area contributed by atoms with Gasteiger partial charge in [0.1, 0.15) is 29.8 Å². The number of imidazole rings is 1. The van der Waals surface area contributed by atoms with Gasteiger partial charge in [0.25, 0.3) is 5.56 Å². The lowest BCUT2D eigenvalue weighted by Gasteiger charge is -2.25. The van der Waals surface area contributed by atoms with Gasteiger partial charge in [0.2, 0.25) is 0 Å². The van der Waals surface area contributed by atoms with Gasteiger partial charge in [0.05, 0.1) is 36.8 Å². The highest BCUT2D eigenvalue weighted by atomic mass is 19.1. The monoisotopic (exact) mass is 425 g/mol. The maximum absolute atomic E-state index is 14.4. The molecule has 0 aromatic carbocycles. The van der Waals surface area contributed by atoms with Crippen LogP contribution < -0.4 is 10.5 Å². The van der Waals surface area contributed by atoms with E-state index in [-0.39, 0.29) is 25.1 Å². The number of hydrogen-bond acceptors (Lipinski definition) is 7. The van der Waals surface area contributed by atoms with Crippen LogP contribution in [0.15, 0.2) is 47.8 Å². The Bertz CT molecular complexity index is 1320. The minimum Gasteiger partial charge on any atom is -0.390 e. The summed E-state index contributed by atoms with van der Waals surface area (Å²) in [6.07, 6.45) is 2.76. The van der Waals surface area contributed by atoms with Crippen LogP contribution in [0, 0.1) is 5.82 Å². The Labute approximate surface area is 174 Å². The van der Waals surface area contributed by atoms with Crippen molar-refractivity contribution in [2.24, 2.45) is 0 Å². The second kappa shape index (κ2) is 7.51. The van der Waals surface area contributed by atoms with Crippen molar-refractivity contribution in [1.82, 2.24) is 29.5 Å². The van der Waals surface area contributed by atoms with E-state index in [1.165, 1.54) is 6.33 Å². The summed E-state index contributed by atoms with van der Waals surface area (Å²) in [5, 5.41) is 13.9. The Morgan fingerprint density at radius 2 is 2.10 bits per heavy atom. The number of aromatic nitrogens is 6. The summed E-state index contributed by atoms with van der Waals surface area (Å²) >= 11 is 0. The molecule has 5 heterocycles. The molecule has 4 aromatic heterocycles. The molecule has 1 fully saturated rings. The fraction of sp³-hybridized carbons (Fsp3) is 0.250. The molecule has 1 aliphatic heterocycles. The number of aliphatic hydroxyl groups excluding tert-OH is 1. The molecule has 0 spiro atoms. The van der Waals surface area contributed by atoms with E-state index in [1.54, 1.807) is 33.8 Å². The molecule has 9 nitrogen and oxygen atoms in total. The van der Waals surface area contributed by atoms with Crippen LogP contribution in [0.1, 0.15) is 23.7 Å². The van der Waals surface area contributed by atoms with E-state index in [4.69, 9.17) is 0 Å². The summed E-state index contributed by atoms with van der Waals surface area (Å²) in [5.41, 5.74) is 1.74. The average Bonchev–Trinajstić information content (AvgIpc) is 3.38. The largest absolute Gasteiger partial charge is 0.390 e. The molecule has 1 saturated heterocycles. The van der Waals surface area contributed by atoms with E-state index in [2.05, 4.69) is 25.0 Å². The third-order valence-corrected chi connectivity index (χ3v) is 5.30. The molecule has 0 aliphatic carbocycles. The number of hydrogen-bond donors (Lipinski definition) is 2. The zero-order chi connectivity index (χ0) is 21.5. The first-order valence-electron chi connectivity index (χ1n) is 9.59. The van der Waals surface area contributed by atoms with Gasteiger partial charge < -0.3 is 15.0 Å². The Hall–Kier alpha value is -3.73. The van der Waals surface area contributed by atoms with Crippen molar-refractivity contribution in [3.05, 3.63) is 70.4 Å². The number of halogens is 2. The fourth-order valence-corrected chi connectivity index (χ4v) is 3.87. The van der Waals surface area contributed by atoms with Crippen LogP contribution in [-0.2, 0) is 6.61 Å². The summed E-state index contributed by atoms with van der Waals surface area (Å²) in [7, 11) is 0. The topological polar surface area (TPSA) is 112 Å². The smallest absolute Gasteiger partial charge is 0.253 e. The number of anilines is 1. The lowest BCUT2D eigenvalue weighted by molar-refractivity contribution is 0.276. The van der Waals surface area contributed by atoms with Crippen molar-refractivity contribution in [2.75, 3.05) is 11.4 Å². The van der Waals surface area contributed by atoms with Crippen molar-refractivity contribution in [3.63, 3.8) is 0 Å². The van der Waals surface area contributed by atoms with E-state index in [0.717, 1.165) is 12.3 Å². The van der Waals surface area contributed by atoms with Crippen molar-refractivity contribution < 1.29 is 13.9 Å². The van der Waals surface area contributed by atoms with Crippen LogP contribution in [0.5, 0.6) is 0 Å². The molecule has 0 bridgehead atoms. The molecule has 1 aliphatic rings. The highest BCUT2D eigenvalue weighted by Gasteiger charge is 2.36. The number of rotatable bonds is 4. The summed E-state index contributed by atoms with van der Waals surface area (Å²) in [5.74, 6) is -0.183. The number of alkyl halides is 1. The zero-order valence-corrected chi connectivity index (χ0v) is 16.1. The summed E-state index contributed by atoms with van der Waals surface area (Å²) in [6.45, 7) is -0.216. The molecule has 4 aromatic rings. The number of nitrogens with zero attached hydrogens (tertiary/aromatic N) is 6. The normalized spacial score (nSPS) is 18.7. The minimum atomic E-state index is -1.19. The lowest BCUT2D eigenvalue weighted by atomic mass is 10.1. The molecular weight excluding hydrogens is 408 g/mol. The molecule has 2 N–H and O–H groups in total. The van der Waals surface area contributed by atoms with Crippen LogP contribution in [0.2, 0.25) is 0 Å². The van der Waals surface area contributed by atoms with Crippen LogP contribution in [0.25, 0.3) is 17.0 Å². The first-order chi connectivity index (χ1) is 15.0. The first-order valence-corrected chi connectivity index (χ1v) is 9.59. The van der Waals surface area contributed by atoms with Gasteiger partial charge in [-0.3, -0.25) is 4.79 Å². The van der Waals surface area contributed by atoms with Gasteiger partial charge >= 0.3 is 0 Å². The number of aliphatic hydroxyl groups is 1. The van der Waals surface area contributed by atoms with Crippen LogP contribution in [0.3, 0.4) is 0 Å². The van der Waals surface area contributed by atoms with Gasteiger partial charge in [-0.25, -0.2) is 28.2 Å². The summed E-state index contributed by atoms with van der Waals surface area (Å²) < 4.78 is 29.7. The summed E-state index contributed by atoms with van der Waals surface area (Å²) in [6, 6.07) is 5.50. The lowest BCUT2D eigenvalue weighted by Crippen LogP contribution is -2.29. The number of nitrogens with one attached hydrogen (secondary N) is 1. The number of aromatic amines is 1. The highest BCUT2D eigenvalue weighted by Crippen LogP contribution is 2.35. The second-order valence-electron chi connectivity index (χ2n) is 7.26. The second-order valence-corrected chi connectivity index (χ2v) is 7.26. The Balaban J connectivity index is 1.59. The zero-order valence-electron chi connectivity index (χ0n) is 16.1. The van der Waals surface area contributed by atoms with E-state index in [9.17, 15) is 18.7 Å². The van der Waals surface area contributed by atoms with E-state index in [1.807, 2.05) is 0 Å². The van der Waals surface area contributed by atoms with Crippen LogP contribution in [0.4, 0.5) is 14.6 Å². The Morgan fingerprint density at radius 1 is 1.23 bits per heavy atom. The molecule has 31 heavy (non-hydrogen) atoms. The molecule has 2 atom stereocenters. The molecule has 5 rings (SSSR count). The quantitative estimate of drug-likeness (QED) is 0.513. The molecule has 0 amide bonds. The van der Waals surface area contributed by atoms with E-state index >= 15 is 0 Å². The molecule has 0 radical (unpaired) electrons.